The number of ether oxygens (including phenoxy) is 3. The number of rotatable bonds is 1. The van der Waals surface area contributed by atoms with E-state index in [9.17, 15) is 35.4 Å². The number of fused-ring (bicyclic) bond motifs is 5. The molecule has 7 rings (SSSR count). The van der Waals surface area contributed by atoms with Gasteiger partial charge in [-0.15, -0.1) is 0 Å². The van der Waals surface area contributed by atoms with E-state index in [1.807, 2.05) is 6.92 Å². The maximum Gasteiger partial charge on any atom is 0.338 e. The molecule has 1 aromatic heterocycles. The van der Waals surface area contributed by atoms with E-state index in [0.29, 0.717) is 6.42 Å². The Hall–Kier alpha value is -1.57. The van der Waals surface area contributed by atoms with Crippen LogP contribution in [0.1, 0.15) is 52.0 Å². The van der Waals surface area contributed by atoms with Gasteiger partial charge in [-0.25, -0.2) is 4.79 Å². The molecular formula is C25H32O11. The van der Waals surface area contributed by atoms with Crippen molar-refractivity contribution in [3.63, 3.8) is 0 Å². The summed E-state index contributed by atoms with van der Waals surface area (Å²) in [5.74, 6) is -5.00. The molecule has 14 atom stereocenters. The Morgan fingerprint density at radius 2 is 1.72 bits per heavy atom. The van der Waals surface area contributed by atoms with Crippen LogP contribution in [0.25, 0.3) is 0 Å². The van der Waals surface area contributed by atoms with E-state index in [4.69, 9.17) is 18.6 Å². The number of carbonyl (C=O) groups excluding carboxylic acids is 1. The summed E-state index contributed by atoms with van der Waals surface area (Å²) < 4.78 is 23.0. The summed E-state index contributed by atoms with van der Waals surface area (Å²) in [4.78, 5) is 12.6. The molecule has 3 aliphatic heterocycles. The van der Waals surface area contributed by atoms with E-state index in [1.165, 1.54) is 27.0 Å². The monoisotopic (exact) mass is 508 g/mol. The summed E-state index contributed by atoms with van der Waals surface area (Å²) >= 11 is 0. The van der Waals surface area contributed by atoms with Gasteiger partial charge in [0.2, 0.25) is 0 Å². The number of furan rings is 1. The third-order valence-electron chi connectivity index (χ3n) is 11.6. The average Bonchev–Trinajstić information content (AvgIpc) is 3.04. The number of esters is 1. The van der Waals surface area contributed by atoms with Gasteiger partial charge >= 0.3 is 5.97 Å². The summed E-state index contributed by atoms with van der Waals surface area (Å²) in [7, 11) is 0. The minimum absolute atomic E-state index is 0.271. The number of aliphatic hydroxyl groups excluding tert-OH is 3. The minimum atomic E-state index is -2.58. The summed E-state index contributed by atoms with van der Waals surface area (Å²) in [5, 5.41) is 70.5. The predicted molar refractivity (Wildman–Crippen MR) is 116 cm³/mol. The van der Waals surface area contributed by atoms with Gasteiger partial charge in [-0.2, -0.15) is 0 Å². The average molecular weight is 509 g/mol. The van der Waals surface area contributed by atoms with Crippen LogP contribution >= 0.6 is 0 Å². The van der Waals surface area contributed by atoms with Crippen molar-refractivity contribution in [2.45, 2.75) is 105 Å². The maximum atomic E-state index is 12.6. The Labute approximate surface area is 206 Å². The molecule has 3 saturated carbocycles. The fourth-order valence-corrected chi connectivity index (χ4v) is 9.81. The molecular weight excluding hydrogens is 476 g/mol. The van der Waals surface area contributed by atoms with Crippen molar-refractivity contribution in [3.8, 4) is 0 Å². The van der Waals surface area contributed by atoms with Gasteiger partial charge in [0.15, 0.2) is 23.1 Å². The Morgan fingerprint density at radius 3 is 2.36 bits per heavy atom. The number of hydrogen-bond acceptors (Lipinski definition) is 11. The lowest BCUT2D eigenvalue weighted by molar-refractivity contribution is -0.366. The zero-order chi connectivity index (χ0) is 26.1. The second kappa shape index (κ2) is 6.02. The normalized spacial score (nSPS) is 64.7. The summed E-state index contributed by atoms with van der Waals surface area (Å²) in [6.07, 6.45) is -3.61. The minimum Gasteiger partial charge on any atom is -0.472 e. The Balaban J connectivity index is 1.46. The fraction of sp³-hybridized carbons (Fsp3) is 0.800. The van der Waals surface area contributed by atoms with E-state index in [-0.39, 0.29) is 5.92 Å². The number of carbonyl (C=O) groups is 1. The SMILES string of the molecule is C[C@]12[C@H](c3ccoc3)C[C@H]3O[C@]31[C@](C)(O)[C@@H]1[C@H](O[C@@]3(O)C[C@H](O)[C@]4(C)OC(=O)[C@H](O)[C@]4(O)[C@@]13C)[C@@H]2O. The molecule has 0 aromatic carbocycles. The van der Waals surface area contributed by atoms with Crippen LogP contribution in [0.2, 0.25) is 0 Å². The van der Waals surface area contributed by atoms with E-state index < -0.39 is 87.8 Å². The molecule has 198 valence electrons. The molecule has 0 bridgehead atoms. The molecule has 0 amide bonds. The van der Waals surface area contributed by atoms with Crippen molar-refractivity contribution >= 4 is 5.97 Å². The highest BCUT2D eigenvalue weighted by atomic mass is 16.7. The molecule has 11 nitrogen and oxygen atoms in total. The van der Waals surface area contributed by atoms with Gasteiger partial charge in [-0.3, -0.25) is 0 Å². The zero-order valence-corrected chi connectivity index (χ0v) is 20.4. The van der Waals surface area contributed by atoms with Crippen molar-refractivity contribution in [1.29, 1.82) is 0 Å². The van der Waals surface area contributed by atoms with E-state index in [2.05, 4.69) is 0 Å². The van der Waals surface area contributed by atoms with Gasteiger partial charge in [0.05, 0.1) is 36.3 Å². The van der Waals surface area contributed by atoms with Crippen LogP contribution in [0.3, 0.4) is 0 Å². The van der Waals surface area contributed by atoms with E-state index >= 15 is 0 Å². The molecule has 1 aromatic rings. The highest BCUT2D eigenvalue weighted by Gasteiger charge is 2.95. The lowest BCUT2D eigenvalue weighted by Gasteiger charge is -2.64. The predicted octanol–water partition coefficient (Wildman–Crippen LogP) is -1.08. The highest BCUT2D eigenvalue weighted by molar-refractivity contribution is 5.81. The molecule has 6 fully saturated rings. The van der Waals surface area contributed by atoms with Gasteiger partial charge in [-0.1, -0.05) is 13.8 Å². The van der Waals surface area contributed by atoms with Crippen LogP contribution in [0, 0.1) is 16.7 Å². The second-order valence-electron chi connectivity index (χ2n) is 12.5. The lowest BCUT2D eigenvalue weighted by Crippen LogP contribution is -2.82. The third kappa shape index (κ3) is 1.88. The zero-order valence-electron chi connectivity index (χ0n) is 20.4. The first-order valence-corrected chi connectivity index (χ1v) is 12.4. The smallest absolute Gasteiger partial charge is 0.338 e. The van der Waals surface area contributed by atoms with Crippen molar-refractivity contribution < 1.29 is 54.1 Å². The lowest BCUT2D eigenvalue weighted by atomic mass is 9.42. The molecule has 6 N–H and O–H groups in total. The summed E-state index contributed by atoms with van der Waals surface area (Å²) in [5.41, 5.74) is -9.93. The van der Waals surface area contributed by atoms with Gasteiger partial charge < -0.3 is 49.3 Å². The van der Waals surface area contributed by atoms with E-state index in [0.717, 1.165) is 5.56 Å². The van der Waals surface area contributed by atoms with Gasteiger partial charge in [0.1, 0.15) is 17.3 Å². The van der Waals surface area contributed by atoms with Crippen LogP contribution in [-0.2, 0) is 19.0 Å². The molecule has 3 saturated heterocycles. The van der Waals surface area contributed by atoms with Gasteiger partial charge in [-0.05, 0) is 31.9 Å². The van der Waals surface area contributed by atoms with E-state index in [1.54, 1.807) is 12.3 Å². The molecule has 4 heterocycles. The largest absolute Gasteiger partial charge is 0.472 e. The Bertz CT molecular complexity index is 1170. The molecule has 6 aliphatic rings. The van der Waals surface area contributed by atoms with Crippen molar-refractivity contribution in [1.82, 2.24) is 0 Å². The Kier molecular flexibility index (Phi) is 3.94. The van der Waals surface area contributed by atoms with Gasteiger partial charge in [0.25, 0.3) is 0 Å². The molecule has 0 radical (unpaired) electrons. The first-order valence-electron chi connectivity index (χ1n) is 12.4. The molecule has 0 unspecified atom stereocenters. The molecule has 1 spiro atoms. The number of epoxide rings is 1. The molecule has 3 aliphatic carbocycles. The number of aliphatic hydroxyl groups is 6. The first-order chi connectivity index (χ1) is 16.6. The topological polar surface area (TPSA) is 183 Å². The van der Waals surface area contributed by atoms with Crippen molar-refractivity contribution in [3.05, 3.63) is 24.2 Å². The van der Waals surface area contributed by atoms with Crippen LogP contribution in [0.15, 0.2) is 23.0 Å². The summed E-state index contributed by atoms with van der Waals surface area (Å²) in [6, 6.07) is 1.80. The highest BCUT2D eigenvalue weighted by Crippen LogP contribution is 2.80. The van der Waals surface area contributed by atoms with Crippen LogP contribution in [-0.4, -0.2) is 95.3 Å². The van der Waals surface area contributed by atoms with Crippen LogP contribution in [0.4, 0.5) is 0 Å². The fourth-order valence-electron chi connectivity index (χ4n) is 9.81. The van der Waals surface area contributed by atoms with Gasteiger partial charge in [0, 0.05) is 23.7 Å². The third-order valence-corrected chi connectivity index (χ3v) is 11.6. The Morgan fingerprint density at radius 1 is 1.03 bits per heavy atom. The quantitative estimate of drug-likeness (QED) is 0.200. The maximum absolute atomic E-state index is 12.6. The van der Waals surface area contributed by atoms with Crippen LogP contribution < -0.4 is 0 Å². The summed E-state index contributed by atoms with van der Waals surface area (Å²) in [6.45, 7) is 6.05. The second-order valence-corrected chi connectivity index (χ2v) is 12.5. The van der Waals surface area contributed by atoms with Crippen LogP contribution in [0.5, 0.6) is 0 Å². The van der Waals surface area contributed by atoms with Crippen molar-refractivity contribution in [2.24, 2.45) is 16.7 Å². The molecule has 11 heteroatoms. The standard InChI is InChI=1S/C25H32O11/c1-19-11(10-5-6-33-9-10)7-13-25(19,34-13)21(3,30)15-14(16(19)27)35-23(31)8-12(26)22(4)24(32,20(15,23)2)17(28)18(29)36-22/h5-6,9,11-17,26-28,30-32H,7-8H2,1-4H3/t11-,12-,13+,14-,15+,16-,17-,19+,20-,21+,22-,23-,24-,25+/m0/s1. The number of hydrogen-bond donors (Lipinski definition) is 6. The first kappa shape index (κ1) is 23.5. The molecule has 36 heavy (non-hydrogen) atoms. The van der Waals surface area contributed by atoms with Crippen molar-refractivity contribution in [2.75, 3.05) is 0 Å².